The van der Waals surface area contributed by atoms with E-state index in [-0.39, 0.29) is 12.7 Å². The fourth-order valence-electron chi connectivity index (χ4n) is 3.60. The van der Waals surface area contributed by atoms with E-state index in [9.17, 15) is 4.79 Å². The molecule has 29 heavy (non-hydrogen) atoms. The van der Waals surface area contributed by atoms with Gasteiger partial charge in [-0.15, -0.1) is 0 Å². The Morgan fingerprint density at radius 3 is 2.76 bits per heavy atom. The van der Waals surface area contributed by atoms with Crippen molar-refractivity contribution >= 4 is 32.6 Å². The van der Waals surface area contributed by atoms with E-state index in [0.717, 1.165) is 34.2 Å². The molecule has 2 aromatic carbocycles. The molecule has 1 aromatic heterocycles. The quantitative estimate of drug-likeness (QED) is 0.656. The van der Waals surface area contributed by atoms with Crippen LogP contribution < -0.4 is 19.1 Å². The molecule has 0 N–H and O–H groups in total. The Bertz CT molecular complexity index is 1060. The van der Waals surface area contributed by atoms with Crippen molar-refractivity contribution in [2.45, 2.75) is 6.92 Å². The first-order valence-electron chi connectivity index (χ1n) is 9.68. The van der Waals surface area contributed by atoms with Crippen LogP contribution in [-0.2, 0) is 0 Å². The van der Waals surface area contributed by atoms with E-state index in [1.54, 1.807) is 29.5 Å². The van der Waals surface area contributed by atoms with Gasteiger partial charge in [0.2, 0.25) is 6.79 Å². The Hall–Kier alpha value is -3.00. The number of carbonyl (C=O) groups is 1. The van der Waals surface area contributed by atoms with Gasteiger partial charge in [0.1, 0.15) is 5.75 Å². The van der Waals surface area contributed by atoms with Gasteiger partial charge in [-0.1, -0.05) is 11.3 Å². The molecule has 0 bridgehead atoms. The summed E-state index contributed by atoms with van der Waals surface area (Å²) in [5, 5.41) is 0.990. The normalized spacial score (nSPS) is 15.8. The lowest BCUT2D eigenvalue weighted by molar-refractivity contribution is 0.0746. The summed E-state index contributed by atoms with van der Waals surface area (Å²) in [5.74, 6) is 2.22. The maximum absolute atomic E-state index is 12.9. The lowest BCUT2D eigenvalue weighted by atomic mass is 10.1. The number of amides is 1. The number of piperazine rings is 1. The molecule has 3 heterocycles. The molecule has 0 saturated carbocycles. The molecule has 0 aliphatic carbocycles. The highest BCUT2D eigenvalue weighted by Gasteiger charge is 2.25. The maximum atomic E-state index is 12.9. The lowest BCUT2D eigenvalue weighted by Gasteiger charge is -2.34. The minimum absolute atomic E-state index is 0.0219. The Morgan fingerprint density at radius 1 is 1.10 bits per heavy atom. The number of aromatic nitrogens is 1. The minimum Gasteiger partial charge on any atom is -0.494 e. The summed E-state index contributed by atoms with van der Waals surface area (Å²) in [4.78, 5) is 21.8. The van der Waals surface area contributed by atoms with Crippen molar-refractivity contribution in [2.24, 2.45) is 0 Å². The number of ether oxygens (including phenoxy) is 3. The van der Waals surface area contributed by atoms with Crippen LogP contribution in [0.25, 0.3) is 10.2 Å². The predicted molar refractivity (Wildman–Crippen MR) is 111 cm³/mol. The summed E-state index contributed by atoms with van der Waals surface area (Å²) in [6, 6.07) is 11.4. The van der Waals surface area contributed by atoms with Crippen LogP contribution in [-0.4, -0.2) is 55.4 Å². The summed E-state index contributed by atoms with van der Waals surface area (Å²) in [6.07, 6.45) is 0. The van der Waals surface area contributed by atoms with Gasteiger partial charge < -0.3 is 24.0 Å². The molecule has 150 valence electrons. The van der Waals surface area contributed by atoms with Crippen molar-refractivity contribution in [3.8, 4) is 17.2 Å². The summed E-state index contributed by atoms with van der Waals surface area (Å²) < 4.78 is 17.4. The van der Waals surface area contributed by atoms with Gasteiger partial charge in [0.15, 0.2) is 16.6 Å². The van der Waals surface area contributed by atoms with Gasteiger partial charge >= 0.3 is 0 Å². The molecule has 0 unspecified atom stereocenters. The van der Waals surface area contributed by atoms with Gasteiger partial charge in [0, 0.05) is 31.7 Å². The second kappa shape index (κ2) is 7.44. The molecular formula is C21H21N3O4S. The van der Waals surface area contributed by atoms with E-state index in [2.05, 4.69) is 4.90 Å². The fraction of sp³-hybridized carbons (Fsp3) is 0.333. The number of thiazole rings is 1. The van der Waals surface area contributed by atoms with Crippen LogP contribution in [0.4, 0.5) is 5.13 Å². The molecule has 7 nitrogen and oxygen atoms in total. The Kier molecular flexibility index (Phi) is 4.63. The van der Waals surface area contributed by atoms with Crippen molar-refractivity contribution in [2.75, 3.05) is 44.5 Å². The summed E-state index contributed by atoms with van der Waals surface area (Å²) in [5.41, 5.74) is 1.61. The molecule has 1 saturated heterocycles. The molecule has 8 heteroatoms. The monoisotopic (exact) mass is 411 g/mol. The standard InChI is InChI=1S/C21H21N3O4S/c1-2-26-15-4-5-16-19(12-15)29-21(22-16)24-9-7-23(8-10-24)20(25)14-3-6-17-18(11-14)28-13-27-17/h3-6,11-12H,2,7-10,13H2,1H3. The molecule has 1 amide bonds. The second-order valence-electron chi connectivity index (χ2n) is 6.91. The van der Waals surface area contributed by atoms with Gasteiger partial charge in [-0.2, -0.15) is 0 Å². The number of hydrogen-bond acceptors (Lipinski definition) is 7. The molecule has 0 spiro atoms. The van der Waals surface area contributed by atoms with Crippen LogP contribution in [0.1, 0.15) is 17.3 Å². The highest BCUT2D eigenvalue weighted by molar-refractivity contribution is 7.22. The maximum Gasteiger partial charge on any atom is 0.254 e. The zero-order valence-corrected chi connectivity index (χ0v) is 16.9. The number of hydrogen-bond donors (Lipinski definition) is 0. The average Bonchev–Trinajstić information content (AvgIpc) is 3.39. The highest BCUT2D eigenvalue weighted by atomic mass is 32.1. The Balaban J connectivity index is 1.26. The van der Waals surface area contributed by atoms with Crippen molar-refractivity contribution < 1.29 is 19.0 Å². The van der Waals surface area contributed by atoms with Gasteiger partial charge in [-0.25, -0.2) is 4.98 Å². The molecule has 0 radical (unpaired) electrons. The molecule has 0 atom stereocenters. The summed E-state index contributed by atoms with van der Waals surface area (Å²) in [7, 11) is 0. The summed E-state index contributed by atoms with van der Waals surface area (Å²) in [6.45, 7) is 5.67. The summed E-state index contributed by atoms with van der Waals surface area (Å²) >= 11 is 1.66. The van der Waals surface area contributed by atoms with Crippen LogP contribution in [0.2, 0.25) is 0 Å². The zero-order chi connectivity index (χ0) is 19.8. The first kappa shape index (κ1) is 18.1. The van der Waals surface area contributed by atoms with Crippen molar-refractivity contribution in [1.82, 2.24) is 9.88 Å². The van der Waals surface area contributed by atoms with Crippen molar-refractivity contribution in [3.63, 3.8) is 0 Å². The smallest absolute Gasteiger partial charge is 0.254 e. The number of rotatable bonds is 4. The van der Waals surface area contributed by atoms with Crippen molar-refractivity contribution in [3.05, 3.63) is 42.0 Å². The van der Waals surface area contributed by atoms with Gasteiger partial charge in [0.25, 0.3) is 5.91 Å². The Morgan fingerprint density at radius 2 is 1.93 bits per heavy atom. The fourth-order valence-corrected chi connectivity index (χ4v) is 4.64. The van der Waals surface area contributed by atoms with Crippen LogP contribution in [0.3, 0.4) is 0 Å². The first-order valence-corrected chi connectivity index (χ1v) is 10.5. The zero-order valence-electron chi connectivity index (χ0n) is 16.1. The molecule has 2 aliphatic heterocycles. The highest BCUT2D eigenvalue weighted by Crippen LogP contribution is 2.34. The van der Waals surface area contributed by atoms with Crippen molar-refractivity contribution in [1.29, 1.82) is 0 Å². The van der Waals surface area contributed by atoms with Crippen LogP contribution >= 0.6 is 11.3 Å². The van der Waals surface area contributed by atoms with E-state index >= 15 is 0 Å². The second-order valence-corrected chi connectivity index (χ2v) is 7.92. The predicted octanol–water partition coefficient (Wildman–Crippen LogP) is 3.39. The lowest BCUT2D eigenvalue weighted by Crippen LogP contribution is -2.48. The van der Waals surface area contributed by atoms with Crippen LogP contribution in [0, 0.1) is 0 Å². The molecule has 2 aliphatic rings. The number of nitrogens with zero attached hydrogens (tertiary/aromatic N) is 3. The molecule has 5 rings (SSSR count). The first-order chi connectivity index (χ1) is 14.2. The SMILES string of the molecule is CCOc1ccc2nc(N3CCN(C(=O)c4ccc5c(c4)OCO5)CC3)sc2c1. The molecular weight excluding hydrogens is 390 g/mol. The third kappa shape index (κ3) is 3.44. The number of anilines is 1. The number of carbonyl (C=O) groups excluding carboxylic acids is 1. The van der Waals surface area contributed by atoms with E-state index in [4.69, 9.17) is 19.2 Å². The Labute approximate surface area is 172 Å². The molecule has 1 fully saturated rings. The van der Waals surface area contributed by atoms with E-state index in [1.165, 1.54) is 0 Å². The van der Waals surface area contributed by atoms with E-state index < -0.39 is 0 Å². The average molecular weight is 411 g/mol. The van der Waals surface area contributed by atoms with E-state index in [0.29, 0.717) is 36.8 Å². The van der Waals surface area contributed by atoms with Gasteiger partial charge in [-0.3, -0.25) is 4.79 Å². The number of benzene rings is 2. The minimum atomic E-state index is 0.0219. The largest absolute Gasteiger partial charge is 0.494 e. The van der Waals surface area contributed by atoms with Gasteiger partial charge in [0.05, 0.1) is 16.8 Å². The topological polar surface area (TPSA) is 64.1 Å². The van der Waals surface area contributed by atoms with Gasteiger partial charge in [-0.05, 0) is 43.3 Å². The third-order valence-corrected chi connectivity index (χ3v) is 6.20. The third-order valence-electron chi connectivity index (χ3n) is 5.12. The van der Waals surface area contributed by atoms with E-state index in [1.807, 2.05) is 30.0 Å². The van der Waals surface area contributed by atoms with Crippen LogP contribution in [0.15, 0.2) is 36.4 Å². The van der Waals surface area contributed by atoms with Crippen LogP contribution in [0.5, 0.6) is 17.2 Å². The number of fused-ring (bicyclic) bond motifs is 2. The molecule has 3 aromatic rings.